The summed E-state index contributed by atoms with van der Waals surface area (Å²) in [5.74, 6) is 2.56. The molecule has 0 atom stereocenters. The van der Waals surface area contributed by atoms with Crippen LogP contribution in [0.2, 0.25) is 0 Å². The Balaban J connectivity index is 1.32. The third-order valence-electron chi connectivity index (χ3n) is 7.85. The fourth-order valence-electron chi connectivity index (χ4n) is 5.81. The molecule has 0 amide bonds. The van der Waals surface area contributed by atoms with Gasteiger partial charge in [-0.15, -0.1) is 6.42 Å². The first-order valence-electron chi connectivity index (χ1n) is 14.4. The van der Waals surface area contributed by atoms with Gasteiger partial charge < -0.3 is 4.90 Å². The van der Waals surface area contributed by atoms with Crippen molar-refractivity contribution in [3.8, 4) is 34.6 Å². The lowest BCUT2D eigenvalue weighted by Gasteiger charge is -2.26. The van der Waals surface area contributed by atoms with E-state index in [0.717, 1.165) is 50.3 Å². The number of aromatic nitrogens is 2. The predicted octanol–water partition coefficient (Wildman–Crippen LogP) is 10.2. The summed E-state index contributed by atoms with van der Waals surface area (Å²) in [5, 5.41) is 2.35. The molecule has 0 radical (unpaired) electrons. The maximum atomic E-state index is 5.42. The zero-order valence-corrected chi connectivity index (χ0v) is 23.9. The minimum atomic E-state index is 0.970. The number of rotatable bonds is 6. The summed E-state index contributed by atoms with van der Waals surface area (Å²) in [6.07, 6.45) is 13.3. The largest absolute Gasteiger partial charge is 0.315 e. The highest BCUT2D eigenvalue weighted by Gasteiger charge is 2.15. The molecule has 3 heteroatoms. The van der Waals surface area contributed by atoms with Crippen molar-refractivity contribution in [1.29, 1.82) is 0 Å². The Morgan fingerprint density at radius 2 is 1.37 bits per heavy atom. The first kappa shape index (κ1) is 26.1. The molecule has 2 aromatic heterocycles. The van der Waals surface area contributed by atoms with Crippen LogP contribution in [-0.4, -0.2) is 9.38 Å². The van der Waals surface area contributed by atoms with Crippen LogP contribution in [0.25, 0.3) is 49.7 Å². The van der Waals surface area contributed by atoms with Gasteiger partial charge in [-0.25, -0.2) is 4.98 Å². The van der Waals surface area contributed by atoms with E-state index in [1.807, 2.05) is 18.2 Å². The second-order valence-corrected chi connectivity index (χ2v) is 10.5. The van der Waals surface area contributed by atoms with Gasteiger partial charge in [0.05, 0.1) is 11.0 Å². The van der Waals surface area contributed by atoms with Crippen molar-refractivity contribution in [3.63, 3.8) is 0 Å². The fourth-order valence-corrected chi connectivity index (χ4v) is 5.81. The molecule has 7 rings (SSSR count). The molecule has 204 valence electrons. The molecule has 0 aliphatic rings. The van der Waals surface area contributed by atoms with Crippen LogP contribution in [0, 0.1) is 12.3 Å². The monoisotopic (exact) mass is 551 g/mol. The quantitative estimate of drug-likeness (QED) is 0.151. The van der Waals surface area contributed by atoms with Crippen molar-refractivity contribution < 1.29 is 0 Å². The van der Waals surface area contributed by atoms with E-state index in [2.05, 4.69) is 150 Å². The minimum absolute atomic E-state index is 0.970. The van der Waals surface area contributed by atoms with Gasteiger partial charge >= 0.3 is 0 Å². The number of pyridine rings is 1. The van der Waals surface area contributed by atoms with Crippen molar-refractivity contribution in [3.05, 3.63) is 158 Å². The summed E-state index contributed by atoms with van der Waals surface area (Å²) in [6, 6.07) is 44.7. The third kappa shape index (κ3) is 4.86. The summed E-state index contributed by atoms with van der Waals surface area (Å²) in [4.78, 5) is 7.30. The van der Waals surface area contributed by atoms with E-state index < -0.39 is 0 Å². The summed E-state index contributed by atoms with van der Waals surface area (Å²) in [7, 11) is 0. The van der Waals surface area contributed by atoms with Gasteiger partial charge in [0, 0.05) is 34.2 Å². The molecular formula is C40H29N3. The normalized spacial score (nSPS) is 11.9. The average Bonchev–Trinajstić information content (AvgIpc) is 3.44. The smallest absolute Gasteiger partial charge is 0.145 e. The first-order chi connectivity index (χ1) is 21.2. The van der Waals surface area contributed by atoms with Gasteiger partial charge in [-0.1, -0.05) is 103 Å². The molecule has 0 spiro atoms. The van der Waals surface area contributed by atoms with Crippen molar-refractivity contribution in [2.24, 2.45) is 0 Å². The Morgan fingerprint density at radius 1 is 0.721 bits per heavy atom. The van der Waals surface area contributed by atoms with Crippen molar-refractivity contribution >= 4 is 38.8 Å². The topological polar surface area (TPSA) is 20.5 Å². The van der Waals surface area contributed by atoms with Crippen LogP contribution in [0.15, 0.2) is 158 Å². The van der Waals surface area contributed by atoms with Gasteiger partial charge in [-0.2, -0.15) is 0 Å². The molecule has 0 bridgehead atoms. The summed E-state index contributed by atoms with van der Waals surface area (Å²) < 4.78 is 2.24. The Labute approximate surface area is 251 Å². The highest BCUT2D eigenvalue weighted by atomic mass is 15.1. The van der Waals surface area contributed by atoms with Crippen LogP contribution in [0.1, 0.15) is 6.92 Å². The van der Waals surface area contributed by atoms with Gasteiger partial charge in [-0.3, -0.25) is 4.40 Å². The Bertz CT molecular complexity index is 2180. The Morgan fingerprint density at radius 3 is 2.12 bits per heavy atom. The number of terminal acetylenes is 1. The standard InChI is InChI=1S/C40H29N3/c1-3-4-7-14-29(2)43(33-17-10-6-11-18-33)34-24-21-30(22-25-34)32-23-26-38-39(27-32)42-28-37(31-15-8-5-9-16-31)35-19-12-13-20-36(35)40(42)41-38/h1,4-28H,2H3. The highest BCUT2D eigenvalue weighted by Crippen LogP contribution is 2.35. The third-order valence-corrected chi connectivity index (χ3v) is 7.85. The lowest BCUT2D eigenvalue weighted by atomic mass is 10.0. The van der Waals surface area contributed by atoms with Gasteiger partial charge in [0.2, 0.25) is 0 Å². The van der Waals surface area contributed by atoms with Gasteiger partial charge in [-0.05, 0) is 77.6 Å². The average molecular weight is 552 g/mol. The minimum Gasteiger partial charge on any atom is -0.315 e. The van der Waals surface area contributed by atoms with Crippen molar-refractivity contribution in [1.82, 2.24) is 9.38 Å². The molecule has 7 aromatic rings. The zero-order chi connectivity index (χ0) is 29.2. The van der Waals surface area contributed by atoms with Crippen LogP contribution >= 0.6 is 0 Å². The maximum absolute atomic E-state index is 5.42. The molecule has 0 saturated carbocycles. The van der Waals surface area contributed by atoms with Crippen LogP contribution in [0.4, 0.5) is 11.4 Å². The molecule has 0 aliphatic carbocycles. The summed E-state index contributed by atoms with van der Waals surface area (Å²) >= 11 is 0. The molecule has 2 heterocycles. The second-order valence-electron chi connectivity index (χ2n) is 10.5. The SMILES string of the molecule is C#CC=CC=C(C)N(c1ccccc1)c1ccc(-c2ccc3nc4c5ccccc5c(-c5ccccc5)cn4c3c2)cc1. The van der Waals surface area contributed by atoms with E-state index in [-0.39, 0.29) is 0 Å². The van der Waals surface area contributed by atoms with Crippen LogP contribution in [0.3, 0.4) is 0 Å². The number of anilines is 2. The zero-order valence-electron chi connectivity index (χ0n) is 23.9. The molecule has 5 aromatic carbocycles. The summed E-state index contributed by atoms with van der Waals surface area (Å²) in [5.41, 5.74) is 10.9. The molecule has 43 heavy (non-hydrogen) atoms. The van der Waals surface area contributed by atoms with E-state index in [1.54, 1.807) is 6.08 Å². The molecule has 0 aliphatic heterocycles. The number of hydrogen-bond donors (Lipinski definition) is 0. The Hall–Kier alpha value is -5.85. The molecule has 0 N–H and O–H groups in total. The number of allylic oxidation sites excluding steroid dienone is 4. The van der Waals surface area contributed by atoms with Crippen LogP contribution in [0.5, 0.6) is 0 Å². The lowest BCUT2D eigenvalue weighted by Crippen LogP contribution is -2.14. The molecule has 3 nitrogen and oxygen atoms in total. The lowest BCUT2D eigenvalue weighted by molar-refractivity contribution is 1.16. The van der Waals surface area contributed by atoms with E-state index in [1.165, 1.54) is 16.5 Å². The number of nitrogens with zero attached hydrogens (tertiary/aromatic N) is 3. The predicted molar refractivity (Wildman–Crippen MR) is 181 cm³/mol. The number of fused-ring (bicyclic) bond motifs is 5. The van der Waals surface area contributed by atoms with E-state index >= 15 is 0 Å². The second kappa shape index (κ2) is 11.2. The molecular weight excluding hydrogens is 522 g/mol. The highest BCUT2D eigenvalue weighted by molar-refractivity contribution is 6.05. The molecule has 0 unspecified atom stereocenters. The van der Waals surface area contributed by atoms with Crippen LogP contribution < -0.4 is 4.90 Å². The van der Waals surface area contributed by atoms with E-state index in [0.29, 0.717) is 0 Å². The molecule has 0 fully saturated rings. The number of para-hydroxylation sites is 1. The fraction of sp³-hybridized carbons (Fsp3) is 0.0250. The van der Waals surface area contributed by atoms with Crippen molar-refractivity contribution in [2.45, 2.75) is 6.92 Å². The Kier molecular flexibility index (Phi) is 6.79. The molecule has 0 saturated heterocycles. The van der Waals surface area contributed by atoms with Crippen LogP contribution in [-0.2, 0) is 0 Å². The number of benzene rings is 5. The van der Waals surface area contributed by atoms with Gasteiger partial charge in [0.15, 0.2) is 0 Å². The first-order valence-corrected chi connectivity index (χ1v) is 14.4. The van der Waals surface area contributed by atoms with Gasteiger partial charge in [0.25, 0.3) is 0 Å². The summed E-state index contributed by atoms with van der Waals surface area (Å²) in [6.45, 7) is 2.09. The number of hydrogen-bond acceptors (Lipinski definition) is 2. The van der Waals surface area contributed by atoms with E-state index in [4.69, 9.17) is 11.4 Å². The van der Waals surface area contributed by atoms with E-state index in [9.17, 15) is 0 Å². The van der Waals surface area contributed by atoms with Gasteiger partial charge in [0.1, 0.15) is 5.65 Å². The number of imidazole rings is 1. The maximum Gasteiger partial charge on any atom is 0.145 e. The van der Waals surface area contributed by atoms with Crippen molar-refractivity contribution in [2.75, 3.05) is 4.90 Å².